The smallest absolute Gasteiger partial charge is 0.0403 e. The topological polar surface area (TPSA) is 28.2 Å². The van der Waals surface area contributed by atoms with Gasteiger partial charge in [-0.25, -0.2) is 0 Å². The van der Waals surface area contributed by atoms with E-state index in [0.717, 1.165) is 19.5 Å². The highest BCUT2D eigenvalue weighted by molar-refractivity contribution is 5.85. The molecule has 0 unspecified atom stereocenters. The van der Waals surface area contributed by atoms with Gasteiger partial charge in [0.15, 0.2) is 0 Å². The van der Waals surface area contributed by atoms with Gasteiger partial charge in [-0.15, -0.1) is 24.8 Å². The van der Waals surface area contributed by atoms with Crippen LogP contribution in [0.25, 0.3) is 0 Å². The van der Waals surface area contributed by atoms with E-state index < -0.39 is 0 Å². The van der Waals surface area contributed by atoms with Gasteiger partial charge < -0.3 is 10.2 Å². The van der Waals surface area contributed by atoms with Gasteiger partial charge in [-0.2, -0.15) is 0 Å². The Kier molecular flexibility index (Phi) is 10.4. The molecular weight excluding hydrogens is 269 g/mol. The Balaban J connectivity index is 0.00000144. The van der Waals surface area contributed by atoms with E-state index in [-0.39, 0.29) is 24.8 Å². The highest BCUT2D eigenvalue weighted by Gasteiger charge is 2.08. The molecule has 0 aromatic carbocycles. The molecule has 0 spiro atoms. The van der Waals surface area contributed by atoms with Crippen molar-refractivity contribution in [3.63, 3.8) is 0 Å². The maximum atomic E-state index is 4.34. The SMILES string of the molecule is Cl.Cl.c1ccc(CCCCN2CCNCC2)nc1. The van der Waals surface area contributed by atoms with E-state index in [0.29, 0.717) is 0 Å². The first-order valence-electron chi connectivity index (χ1n) is 6.28. The van der Waals surface area contributed by atoms with Crippen molar-refractivity contribution >= 4 is 24.8 Å². The van der Waals surface area contributed by atoms with E-state index >= 15 is 0 Å². The largest absolute Gasteiger partial charge is 0.314 e. The Labute approximate surface area is 122 Å². The molecule has 0 aliphatic carbocycles. The second-order valence-electron chi connectivity index (χ2n) is 4.37. The summed E-state index contributed by atoms with van der Waals surface area (Å²) in [5.41, 5.74) is 1.22. The summed E-state index contributed by atoms with van der Waals surface area (Å²) in [6.45, 7) is 5.97. The van der Waals surface area contributed by atoms with Gasteiger partial charge in [0.05, 0.1) is 0 Å². The van der Waals surface area contributed by atoms with Gasteiger partial charge in [0.1, 0.15) is 0 Å². The van der Waals surface area contributed by atoms with Crippen LogP contribution in [0.5, 0.6) is 0 Å². The summed E-state index contributed by atoms with van der Waals surface area (Å²) in [5.74, 6) is 0. The Morgan fingerprint density at radius 1 is 1.11 bits per heavy atom. The average molecular weight is 292 g/mol. The number of unbranched alkanes of at least 4 members (excludes halogenated alkanes) is 1. The normalized spacial score (nSPS) is 15.6. The van der Waals surface area contributed by atoms with Crippen LogP contribution in [-0.2, 0) is 6.42 Å². The third-order valence-corrected chi connectivity index (χ3v) is 3.09. The van der Waals surface area contributed by atoms with E-state index in [1.165, 1.54) is 38.2 Å². The van der Waals surface area contributed by atoms with Crippen LogP contribution in [0.1, 0.15) is 18.5 Å². The number of rotatable bonds is 5. The summed E-state index contributed by atoms with van der Waals surface area (Å²) in [6, 6.07) is 6.16. The monoisotopic (exact) mass is 291 g/mol. The number of piperazine rings is 1. The average Bonchev–Trinajstić information content (AvgIpc) is 2.37. The highest BCUT2D eigenvalue weighted by Crippen LogP contribution is 2.03. The van der Waals surface area contributed by atoms with E-state index in [4.69, 9.17) is 0 Å². The molecule has 1 saturated heterocycles. The molecule has 1 aromatic rings. The van der Waals surface area contributed by atoms with Crippen molar-refractivity contribution in [2.45, 2.75) is 19.3 Å². The molecule has 0 atom stereocenters. The lowest BCUT2D eigenvalue weighted by Gasteiger charge is -2.26. The maximum absolute atomic E-state index is 4.34. The van der Waals surface area contributed by atoms with Gasteiger partial charge in [0.2, 0.25) is 0 Å². The van der Waals surface area contributed by atoms with Gasteiger partial charge in [-0.05, 0) is 37.9 Å². The molecule has 18 heavy (non-hydrogen) atoms. The van der Waals surface area contributed by atoms with Gasteiger partial charge in [-0.3, -0.25) is 4.98 Å². The summed E-state index contributed by atoms with van der Waals surface area (Å²) < 4.78 is 0. The second kappa shape index (κ2) is 10.6. The summed E-state index contributed by atoms with van der Waals surface area (Å²) in [6.07, 6.45) is 5.54. The van der Waals surface area contributed by atoms with Crippen molar-refractivity contribution in [2.75, 3.05) is 32.7 Å². The van der Waals surface area contributed by atoms with E-state index in [1.54, 1.807) is 0 Å². The van der Waals surface area contributed by atoms with Crippen LogP contribution in [0.2, 0.25) is 0 Å². The first-order valence-corrected chi connectivity index (χ1v) is 6.28. The molecule has 1 aliphatic heterocycles. The lowest BCUT2D eigenvalue weighted by Crippen LogP contribution is -2.43. The van der Waals surface area contributed by atoms with Gasteiger partial charge in [0, 0.05) is 38.1 Å². The molecule has 0 bridgehead atoms. The van der Waals surface area contributed by atoms with Crippen molar-refractivity contribution in [1.29, 1.82) is 0 Å². The maximum Gasteiger partial charge on any atom is 0.0403 e. The number of aryl methyl sites for hydroxylation is 1. The fraction of sp³-hybridized carbons (Fsp3) is 0.615. The summed E-state index contributed by atoms with van der Waals surface area (Å²) >= 11 is 0. The third-order valence-electron chi connectivity index (χ3n) is 3.09. The summed E-state index contributed by atoms with van der Waals surface area (Å²) in [5, 5.41) is 3.38. The Morgan fingerprint density at radius 2 is 1.89 bits per heavy atom. The lowest BCUT2D eigenvalue weighted by atomic mass is 10.1. The van der Waals surface area contributed by atoms with Crippen LogP contribution in [0.4, 0.5) is 0 Å². The van der Waals surface area contributed by atoms with Crippen LogP contribution in [0.3, 0.4) is 0 Å². The number of nitrogens with one attached hydrogen (secondary N) is 1. The minimum absolute atomic E-state index is 0. The van der Waals surface area contributed by atoms with Crippen LogP contribution in [0.15, 0.2) is 24.4 Å². The van der Waals surface area contributed by atoms with E-state index in [2.05, 4.69) is 27.3 Å². The van der Waals surface area contributed by atoms with Crippen LogP contribution >= 0.6 is 24.8 Å². The molecule has 0 radical (unpaired) electrons. The minimum atomic E-state index is 0. The number of aromatic nitrogens is 1. The van der Waals surface area contributed by atoms with Crippen molar-refractivity contribution in [1.82, 2.24) is 15.2 Å². The zero-order valence-electron chi connectivity index (χ0n) is 10.7. The molecule has 3 nitrogen and oxygen atoms in total. The van der Waals surface area contributed by atoms with Gasteiger partial charge in [0.25, 0.3) is 0 Å². The zero-order valence-corrected chi connectivity index (χ0v) is 12.3. The Hall–Kier alpha value is -0.350. The molecule has 0 saturated carbocycles. The predicted molar refractivity (Wildman–Crippen MR) is 81.0 cm³/mol. The molecule has 1 N–H and O–H groups in total. The van der Waals surface area contributed by atoms with E-state index in [9.17, 15) is 0 Å². The first kappa shape index (κ1) is 17.6. The molecule has 1 fully saturated rings. The number of hydrogen-bond donors (Lipinski definition) is 1. The number of hydrogen-bond acceptors (Lipinski definition) is 3. The second-order valence-corrected chi connectivity index (χ2v) is 4.37. The predicted octanol–water partition coefficient (Wildman–Crippen LogP) is 2.15. The molecule has 5 heteroatoms. The van der Waals surface area contributed by atoms with Gasteiger partial charge in [-0.1, -0.05) is 6.07 Å². The van der Waals surface area contributed by atoms with Crippen LogP contribution in [-0.4, -0.2) is 42.6 Å². The Morgan fingerprint density at radius 3 is 2.56 bits per heavy atom. The third kappa shape index (κ3) is 6.55. The van der Waals surface area contributed by atoms with Crippen LogP contribution < -0.4 is 5.32 Å². The van der Waals surface area contributed by atoms with E-state index in [1.807, 2.05) is 12.3 Å². The van der Waals surface area contributed by atoms with Crippen molar-refractivity contribution in [3.8, 4) is 0 Å². The highest BCUT2D eigenvalue weighted by atomic mass is 35.5. The quantitative estimate of drug-likeness (QED) is 0.843. The molecule has 1 aliphatic rings. The molecule has 104 valence electrons. The molecule has 0 amide bonds. The summed E-state index contributed by atoms with van der Waals surface area (Å²) in [7, 11) is 0. The molecule has 2 rings (SSSR count). The van der Waals surface area contributed by atoms with Crippen molar-refractivity contribution in [2.24, 2.45) is 0 Å². The zero-order chi connectivity index (χ0) is 11.1. The fourth-order valence-corrected chi connectivity index (χ4v) is 2.12. The van der Waals surface area contributed by atoms with Crippen molar-refractivity contribution < 1.29 is 0 Å². The van der Waals surface area contributed by atoms with Gasteiger partial charge >= 0.3 is 0 Å². The number of nitrogens with zero attached hydrogens (tertiary/aromatic N) is 2. The fourth-order valence-electron chi connectivity index (χ4n) is 2.12. The number of pyridine rings is 1. The Bertz CT molecular complexity index is 290. The molecular formula is C13H23Cl2N3. The molecule has 1 aromatic heterocycles. The van der Waals surface area contributed by atoms with Crippen molar-refractivity contribution in [3.05, 3.63) is 30.1 Å². The first-order chi connectivity index (χ1) is 7.95. The summed E-state index contributed by atoms with van der Waals surface area (Å²) in [4.78, 5) is 6.89. The number of halogens is 2. The van der Waals surface area contributed by atoms with Crippen LogP contribution in [0, 0.1) is 0 Å². The lowest BCUT2D eigenvalue weighted by molar-refractivity contribution is 0.237. The molecule has 2 heterocycles. The standard InChI is InChI=1S/C13H21N3.2ClH/c1-3-7-15-13(5-1)6-2-4-10-16-11-8-14-9-12-16;;/h1,3,5,7,14H,2,4,6,8-12H2;2*1H. The minimum Gasteiger partial charge on any atom is -0.314 e.